The Hall–Kier alpha value is -2.56. The number of benzene rings is 1. The zero-order valence-corrected chi connectivity index (χ0v) is 16.2. The van der Waals surface area contributed by atoms with Crippen LogP contribution in [0.15, 0.2) is 17.2 Å². The van der Waals surface area contributed by atoms with Crippen molar-refractivity contribution in [2.75, 3.05) is 35.8 Å². The molecule has 152 valence electrons. The molecule has 11 heteroatoms. The number of halogens is 2. The maximum atomic E-state index is 14.1. The summed E-state index contributed by atoms with van der Waals surface area (Å²) in [5.41, 5.74) is -0.311. The first kappa shape index (κ1) is 20.2. The summed E-state index contributed by atoms with van der Waals surface area (Å²) in [6.45, 7) is 0. The first-order valence-corrected chi connectivity index (χ1v) is 10.5. The van der Waals surface area contributed by atoms with Gasteiger partial charge in [-0.15, -0.1) is 0 Å². The monoisotopic (exact) mass is 414 g/mol. The Morgan fingerprint density at radius 2 is 1.89 bits per heavy atom. The van der Waals surface area contributed by atoms with Crippen molar-refractivity contribution in [2.45, 2.75) is 25.3 Å². The highest BCUT2D eigenvalue weighted by atomic mass is 32.2. The van der Waals surface area contributed by atoms with Crippen LogP contribution in [0, 0.1) is 11.6 Å². The molecule has 2 heterocycles. The number of amides is 2. The van der Waals surface area contributed by atoms with Gasteiger partial charge in [0.25, 0.3) is 5.91 Å². The van der Waals surface area contributed by atoms with E-state index < -0.39 is 33.4 Å². The van der Waals surface area contributed by atoms with Crippen LogP contribution in [-0.4, -0.2) is 62.6 Å². The van der Waals surface area contributed by atoms with Crippen LogP contribution in [0.2, 0.25) is 0 Å². The summed E-state index contributed by atoms with van der Waals surface area (Å²) < 4.78 is 51.4. The van der Waals surface area contributed by atoms with Crippen LogP contribution < -0.4 is 10.2 Å². The molecule has 1 saturated heterocycles. The quantitative estimate of drug-likeness (QED) is 0.797. The van der Waals surface area contributed by atoms with Crippen LogP contribution in [-0.2, 0) is 19.4 Å². The molecule has 2 aliphatic heterocycles. The highest BCUT2D eigenvalue weighted by Crippen LogP contribution is 2.26. The molecule has 2 aliphatic rings. The number of sulfone groups is 1. The summed E-state index contributed by atoms with van der Waals surface area (Å²) in [6, 6.07) is 1.38. The maximum absolute atomic E-state index is 14.1. The minimum atomic E-state index is -3.23. The Bertz CT molecular complexity index is 939. The number of nitrogens with one attached hydrogen (secondary N) is 1. The highest BCUT2D eigenvalue weighted by molar-refractivity contribution is 7.91. The summed E-state index contributed by atoms with van der Waals surface area (Å²) in [5.74, 6) is -2.95. The van der Waals surface area contributed by atoms with Gasteiger partial charge in [0, 0.05) is 32.6 Å². The molecule has 0 bridgehead atoms. The van der Waals surface area contributed by atoms with Gasteiger partial charge in [0.1, 0.15) is 11.4 Å². The average Bonchev–Trinajstić information content (AvgIpc) is 2.93. The predicted molar refractivity (Wildman–Crippen MR) is 99.9 cm³/mol. The van der Waals surface area contributed by atoms with Gasteiger partial charge in [0.15, 0.2) is 21.5 Å². The van der Waals surface area contributed by atoms with Gasteiger partial charge in [-0.3, -0.25) is 9.59 Å². The summed E-state index contributed by atoms with van der Waals surface area (Å²) in [7, 11) is -0.243. The lowest BCUT2D eigenvalue weighted by Gasteiger charge is -2.27. The fourth-order valence-corrected chi connectivity index (χ4v) is 4.95. The normalized spacial score (nSPS) is 21.4. The lowest BCUT2D eigenvalue weighted by Crippen LogP contribution is -2.42. The van der Waals surface area contributed by atoms with Gasteiger partial charge in [-0.05, 0) is 18.6 Å². The number of carbonyl (C=O) groups excluding carboxylic acids is 2. The van der Waals surface area contributed by atoms with Gasteiger partial charge in [-0.25, -0.2) is 22.2 Å². The Morgan fingerprint density at radius 1 is 1.25 bits per heavy atom. The first-order valence-electron chi connectivity index (χ1n) is 8.65. The van der Waals surface area contributed by atoms with E-state index in [1.165, 1.54) is 19.0 Å². The molecule has 1 atom stereocenters. The van der Waals surface area contributed by atoms with Gasteiger partial charge in [0.2, 0.25) is 5.91 Å². The minimum absolute atomic E-state index is 0.00130. The highest BCUT2D eigenvalue weighted by Gasteiger charge is 2.37. The molecule has 3 rings (SSSR count). The third kappa shape index (κ3) is 4.13. The fourth-order valence-electron chi connectivity index (χ4n) is 3.26. The largest absolute Gasteiger partial charge is 0.373 e. The van der Waals surface area contributed by atoms with E-state index in [-0.39, 0.29) is 53.8 Å². The van der Waals surface area contributed by atoms with Crippen molar-refractivity contribution in [2.24, 2.45) is 5.10 Å². The van der Waals surface area contributed by atoms with E-state index in [9.17, 15) is 26.8 Å². The number of nitrogens with zero attached hydrogens (tertiary/aromatic N) is 3. The molecular formula is C17H20F2N4O4S. The number of hydrogen-bond acceptors (Lipinski definition) is 6. The second-order valence-electron chi connectivity index (χ2n) is 6.98. The molecule has 1 N–H and O–H groups in total. The zero-order valence-electron chi connectivity index (χ0n) is 15.4. The minimum Gasteiger partial charge on any atom is -0.373 e. The molecular weight excluding hydrogens is 394 g/mol. The molecule has 1 aromatic rings. The van der Waals surface area contributed by atoms with Crippen LogP contribution in [0.1, 0.15) is 19.3 Å². The predicted octanol–water partition coefficient (Wildman–Crippen LogP) is 1.13. The molecule has 28 heavy (non-hydrogen) atoms. The van der Waals surface area contributed by atoms with E-state index in [1.54, 1.807) is 0 Å². The molecule has 0 aliphatic carbocycles. The van der Waals surface area contributed by atoms with E-state index >= 15 is 0 Å². The van der Waals surface area contributed by atoms with Crippen molar-refractivity contribution in [3.05, 3.63) is 23.8 Å². The van der Waals surface area contributed by atoms with Crippen LogP contribution in [0.4, 0.5) is 20.2 Å². The average molecular weight is 414 g/mol. The van der Waals surface area contributed by atoms with E-state index in [0.29, 0.717) is 0 Å². The molecule has 8 nitrogen and oxygen atoms in total. The first-order chi connectivity index (χ1) is 13.1. The lowest BCUT2D eigenvalue weighted by atomic mass is 10.1. The van der Waals surface area contributed by atoms with Crippen molar-refractivity contribution in [3.63, 3.8) is 0 Å². The third-order valence-corrected chi connectivity index (χ3v) is 6.35. The standard InChI is InChI=1S/C17H20F2N4O4S/c1-22(2)16-12(18)7-10(8-13(16)19)20-17(25)14-3-4-15(24)23(21-14)11-5-6-28(26,27)9-11/h7-8,11H,3-6,9H2,1-2H3,(H,20,25)/t11-/m1/s1. The summed E-state index contributed by atoms with van der Waals surface area (Å²) in [4.78, 5) is 25.8. The van der Waals surface area contributed by atoms with E-state index in [1.807, 2.05) is 0 Å². The summed E-state index contributed by atoms with van der Waals surface area (Å²) >= 11 is 0. The number of hydrogen-bond donors (Lipinski definition) is 1. The van der Waals surface area contributed by atoms with Crippen molar-refractivity contribution >= 4 is 38.7 Å². The van der Waals surface area contributed by atoms with E-state index in [4.69, 9.17) is 0 Å². The molecule has 0 aromatic heterocycles. The summed E-state index contributed by atoms with van der Waals surface area (Å²) in [6.07, 6.45) is 0.321. The zero-order chi connectivity index (χ0) is 20.6. The maximum Gasteiger partial charge on any atom is 0.271 e. The topological polar surface area (TPSA) is 99.2 Å². The van der Waals surface area contributed by atoms with Crippen LogP contribution in [0.5, 0.6) is 0 Å². The molecule has 1 aromatic carbocycles. The van der Waals surface area contributed by atoms with E-state index in [0.717, 1.165) is 17.1 Å². The van der Waals surface area contributed by atoms with Gasteiger partial charge in [0.05, 0.1) is 17.5 Å². The fraction of sp³-hybridized carbons (Fsp3) is 0.471. The Labute approximate surface area is 161 Å². The number of carbonyl (C=O) groups is 2. The van der Waals surface area contributed by atoms with Crippen molar-refractivity contribution in [1.82, 2.24) is 5.01 Å². The summed E-state index contributed by atoms with van der Waals surface area (Å²) in [5, 5.41) is 7.46. The van der Waals surface area contributed by atoms with Gasteiger partial charge in [-0.2, -0.15) is 5.10 Å². The smallest absolute Gasteiger partial charge is 0.271 e. The number of anilines is 2. The van der Waals surface area contributed by atoms with Gasteiger partial charge >= 0.3 is 0 Å². The van der Waals surface area contributed by atoms with Gasteiger partial charge in [-0.1, -0.05) is 0 Å². The molecule has 0 radical (unpaired) electrons. The Balaban J connectivity index is 1.79. The Morgan fingerprint density at radius 3 is 2.43 bits per heavy atom. The van der Waals surface area contributed by atoms with Crippen LogP contribution >= 0.6 is 0 Å². The Kier molecular flexibility index (Phi) is 5.37. The van der Waals surface area contributed by atoms with Gasteiger partial charge < -0.3 is 10.2 Å². The molecule has 0 unspecified atom stereocenters. The molecule has 0 spiro atoms. The van der Waals surface area contributed by atoms with Crippen molar-refractivity contribution < 1.29 is 26.8 Å². The molecule has 1 fully saturated rings. The lowest BCUT2D eigenvalue weighted by molar-refractivity contribution is -0.133. The number of rotatable bonds is 4. The van der Waals surface area contributed by atoms with Crippen molar-refractivity contribution in [1.29, 1.82) is 0 Å². The third-order valence-electron chi connectivity index (χ3n) is 4.60. The van der Waals surface area contributed by atoms with Crippen LogP contribution in [0.3, 0.4) is 0 Å². The molecule has 2 amide bonds. The second kappa shape index (κ2) is 7.46. The van der Waals surface area contributed by atoms with E-state index in [2.05, 4.69) is 10.4 Å². The second-order valence-corrected chi connectivity index (χ2v) is 9.21. The van der Waals surface area contributed by atoms with Crippen LogP contribution in [0.25, 0.3) is 0 Å². The number of hydrazone groups is 1. The molecule has 0 saturated carbocycles. The SMILES string of the molecule is CN(C)c1c(F)cc(NC(=O)C2=NN([C@@H]3CCS(=O)(=O)C3)C(=O)CC2)cc1F. The van der Waals surface area contributed by atoms with Crippen molar-refractivity contribution in [3.8, 4) is 0 Å².